The molecular formula is C42H43NOSiTi. The first kappa shape index (κ1) is 33.7. The van der Waals surface area contributed by atoms with E-state index in [9.17, 15) is 4.46 Å². The van der Waals surface area contributed by atoms with Gasteiger partial charge >= 0.3 is 8.84 Å². The van der Waals surface area contributed by atoms with Crippen molar-refractivity contribution in [1.82, 2.24) is 4.57 Å². The zero-order valence-corrected chi connectivity index (χ0v) is 29.4. The number of hydrogen-bond donors (Lipinski definition) is 0. The predicted molar refractivity (Wildman–Crippen MR) is 194 cm³/mol. The summed E-state index contributed by atoms with van der Waals surface area (Å²) in [6.07, 6.45) is 27.7. The van der Waals surface area contributed by atoms with Gasteiger partial charge in [0.1, 0.15) is 0 Å². The van der Waals surface area contributed by atoms with Crippen molar-refractivity contribution in [3.8, 4) is 11.1 Å². The Balaban J connectivity index is 0.000000209. The quantitative estimate of drug-likeness (QED) is 0.147. The number of rotatable bonds is 7. The van der Waals surface area contributed by atoms with Gasteiger partial charge in [0.25, 0.3) is 0 Å². The molecule has 4 heteroatoms. The summed E-state index contributed by atoms with van der Waals surface area (Å²) in [6, 6.07) is 30.8. The maximum atomic E-state index is 13.4. The van der Waals surface area contributed by atoms with Gasteiger partial charge in [-0.15, -0.1) is 0 Å². The first-order valence-electron chi connectivity index (χ1n) is 16.5. The summed E-state index contributed by atoms with van der Waals surface area (Å²) in [4.78, 5) is 0. The molecule has 0 bridgehead atoms. The van der Waals surface area contributed by atoms with E-state index in [0.717, 1.165) is 12.8 Å². The molecule has 0 N–H and O–H groups in total. The van der Waals surface area contributed by atoms with Crippen LogP contribution in [0.15, 0.2) is 115 Å². The third kappa shape index (κ3) is 8.39. The molecule has 46 heavy (non-hydrogen) atoms. The molecular weight excluding hydrogens is 610 g/mol. The number of benzene rings is 2. The summed E-state index contributed by atoms with van der Waals surface area (Å²) in [5.41, 5.74) is 9.19. The normalized spacial score (nSPS) is 15.5. The molecule has 0 amide bonds. The van der Waals surface area contributed by atoms with Gasteiger partial charge in [-0.2, -0.15) is 0 Å². The van der Waals surface area contributed by atoms with Crippen molar-refractivity contribution >= 4 is 38.7 Å². The van der Waals surface area contributed by atoms with E-state index in [1.807, 2.05) is 36.4 Å². The zero-order chi connectivity index (χ0) is 30.8. The Labute approximate surface area is 291 Å². The van der Waals surface area contributed by atoms with Crippen LogP contribution in [-0.4, -0.2) is 26.5 Å². The van der Waals surface area contributed by atoms with E-state index in [-0.39, 0.29) is 21.7 Å². The van der Waals surface area contributed by atoms with Gasteiger partial charge in [0.05, 0.1) is 0 Å². The van der Waals surface area contributed by atoms with E-state index < -0.39 is 8.84 Å². The van der Waals surface area contributed by atoms with E-state index in [1.54, 1.807) is 0 Å². The summed E-state index contributed by atoms with van der Waals surface area (Å²) in [7, 11) is 0.291. The van der Waals surface area contributed by atoms with Gasteiger partial charge < -0.3 is 9.03 Å². The third-order valence-electron chi connectivity index (χ3n) is 9.28. The molecule has 230 valence electrons. The van der Waals surface area contributed by atoms with Crippen LogP contribution < -0.4 is 10.4 Å². The topological polar surface area (TPSA) is 20.3 Å². The van der Waals surface area contributed by atoms with Crippen molar-refractivity contribution in [3.63, 3.8) is 0 Å². The van der Waals surface area contributed by atoms with Crippen molar-refractivity contribution in [2.75, 3.05) is 7.05 Å². The molecule has 0 spiro atoms. The largest absolute Gasteiger partial charge is 0.398 e. The molecule has 0 radical (unpaired) electrons. The molecule has 1 fully saturated rings. The van der Waals surface area contributed by atoms with Crippen LogP contribution in [0.1, 0.15) is 60.8 Å². The Morgan fingerprint density at radius 1 is 0.783 bits per heavy atom. The molecule has 0 unspecified atom stereocenters. The fourth-order valence-corrected chi connectivity index (χ4v) is 8.42. The zero-order valence-electron chi connectivity index (χ0n) is 26.9. The van der Waals surface area contributed by atoms with Crippen molar-refractivity contribution in [2.45, 2.75) is 57.0 Å². The Morgan fingerprint density at radius 3 is 2.13 bits per heavy atom. The van der Waals surface area contributed by atoms with E-state index >= 15 is 0 Å². The molecule has 2 aromatic rings. The SMILES string of the molecule is C(C=Cc1ccccc1)=Cc1ccccc1.CN(C1CCCCC1)[Si](=O)CC1=c2c(cccc3c4c(cc2-3)=CC=CC4)C=CC1.[Ti]. The average Bonchev–Trinajstić information content (AvgIpc) is 3.35. The van der Waals surface area contributed by atoms with E-state index in [4.69, 9.17) is 0 Å². The fraction of sp³-hybridized carbons (Fsp3) is 0.238. The van der Waals surface area contributed by atoms with Gasteiger partial charge in [-0.3, -0.25) is 0 Å². The summed E-state index contributed by atoms with van der Waals surface area (Å²) in [6.45, 7) is 0. The minimum absolute atomic E-state index is 0. The first-order chi connectivity index (χ1) is 22.2. The first-order valence-corrected chi connectivity index (χ1v) is 18.0. The van der Waals surface area contributed by atoms with Crippen LogP contribution in [-0.2, 0) is 32.6 Å². The van der Waals surface area contributed by atoms with Gasteiger partial charge in [-0.1, -0.05) is 158 Å². The smallest absolute Gasteiger partial charge is 0.377 e. The summed E-state index contributed by atoms with van der Waals surface area (Å²) >= 11 is 0. The van der Waals surface area contributed by atoms with Crippen LogP contribution in [0.5, 0.6) is 0 Å². The molecule has 0 atom stereocenters. The molecule has 2 nitrogen and oxygen atoms in total. The molecule has 5 aliphatic carbocycles. The van der Waals surface area contributed by atoms with Gasteiger partial charge in [0.2, 0.25) is 0 Å². The molecule has 0 saturated heterocycles. The number of fused-ring (bicyclic) bond motifs is 5. The molecule has 7 rings (SSSR count). The van der Waals surface area contributed by atoms with E-state index in [1.165, 1.54) is 81.5 Å². The van der Waals surface area contributed by atoms with Crippen LogP contribution in [0.3, 0.4) is 0 Å². The number of hydrogen-bond acceptors (Lipinski definition) is 1. The van der Waals surface area contributed by atoms with Crippen LogP contribution in [0.4, 0.5) is 0 Å². The number of allylic oxidation sites excluding steroid dienone is 5. The molecule has 1 saturated carbocycles. The molecule has 0 heterocycles. The fourth-order valence-electron chi connectivity index (χ4n) is 6.82. The second-order valence-electron chi connectivity index (χ2n) is 12.3. The average molecular weight is 654 g/mol. The van der Waals surface area contributed by atoms with Crippen LogP contribution >= 0.6 is 0 Å². The van der Waals surface area contributed by atoms with Crippen molar-refractivity contribution in [3.05, 3.63) is 148 Å². The molecule has 5 aliphatic rings. The number of nitrogens with zero attached hydrogens (tertiary/aromatic N) is 1. The van der Waals surface area contributed by atoms with Crippen LogP contribution in [0.2, 0.25) is 6.04 Å². The Bertz CT molecular complexity index is 1780. The van der Waals surface area contributed by atoms with Crippen molar-refractivity contribution < 1.29 is 26.2 Å². The predicted octanol–water partition coefficient (Wildman–Crippen LogP) is 8.85. The maximum absolute atomic E-state index is 13.4. The Kier molecular flexibility index (Phi) is 12.3. The van der Waals surface area contributed by atoms with Gasteiger partial charge in [0, 0.05) is 40.9 Å². The van der Waals surface area contributed by atoms with Crippen molar-refractivity contribution in [1.29, 1.82) is 0 Å². The maximum Gasteiger partial charge on any atom is 0.398 e. The molecule has 0 aromatic heterocycles. The van der Waals surface area contributed by atoms with E-state index in [0.29, 0.717) is 12.1 Å². The minimum atomic E-state index is -1.81. The molecule has 2 aromatic carbocycles. The minimum Gasteiger partial charge on any atom is -0.377 e. The van der Waals surface area contributed by atoms with Crippen LogP contribution in [0, 0.1) is 0 Å². The standard InChI is InChI=1S/C26H29NOSi.C16H14.Ti/c1-27(22-13-3-2-4-14-22)29(28)18-21-12-7-10-19-11-8-16-24-23-15-6-5-9-20(23)17-25(24)26(19)21;1-3-9-15(10-4-1)13-7-8-14-16-11-5-2-6-12-16;/h5-11,16-17,22H,2-4,12-15,18H2,1H3;1-14H;. The summed E-state index contributed by atoms with van der Waals surface area (Å²) in [5.74, 6) is 0. The Morgan fingerprint density at radius 2 is 1.46 bits per heavy atom. The summed E-state index contributed by atoms with van der Waals surface area (Å²) < 4.78 is 15.6. The monoisotopic (exact) mass is 653 g/mol. The van der Waals surface area contributed by atoms with Gasteiger partial charge in [-0.25, -0.2) is 0 Å². The van der Waals surface area contributed by atoms with Gasteiger partial charge in [0.15, 0.2) is 0 Å². The Hall–Kier alpha value is -3.63. The second-order valence-corrected chi connectivity index (χ2v) is 14.1. The summed E-state index contributed by atoms with van der Waals surface area (Å²) in [5, 5.41) is 2.68. The van der Waals surface area contributed by atoms with Crippen LogP contribution in [0.25, 0.3) is 41.0 Å². The second kappa shape index (κ2) is 16.8. The third-order valence-corrected chi connectivity index (χ3v) is 11.2. The molecule has 0 aliphatic heterocycles. The van der Waals surface area contributed by atoms with Gasteiger partial charge in [-0.05, 0) is 75.6 Å². The van der Waals surface area contributed by atoms with E-state index in [2.05, 4.69) is 115 Å². The van der Waals surface area contributed by atoms with Crippen molar-refractivity contribution in [2.24, 2.45) is 0 Å².